The van der Waals surface area contributed by atoms with Gasteiger partial charge in [0.05, 0.1) is 17.7 Å². The summed E-state index contributed by atoms with van der Waals surface area (Å²) in [5, 5.41) is 8.65. The third kappa shape index (κ3) is 4.11. The number of fused-ring (bicyclic) bond motifs is 1. The van der Waals surface area contributed by atoms with Gasteiger partial charge in [0, 0.05) is 39.7 Å². The summed E-state index contributed by atoms with van der Waals surface area (Å²) in [6, 6.07) is 4.17. The molecule has 1 fully saturated rings. The third-order valence-corrected chi connectivity index (χ3v) is 4.83. The number of piperidine rings is 1. The molecule has 9 heteroatoms. The Bertz CT molecular complexity index is 795. The molecular formula is C19H24N4O5. The van der Waals surface area contributed by atoms with E-state index in [4.69, 9.17) is 4.74 Å². The van der Waals surface area contributed by atoms with Gasteiger partial charge in [-0.3, -0.25) is 29.4 Å². The Hall–Kier alpha value is -2.62. The summed E-state index contributed by atoms with van der Waals surface area (Å²) < 4.78 is 4.96. The number of imide groups is 2. The molecule has 0 radical (unpaired) electrons. The van der Waals surface area contributed by atoms with E-state index in [-0.39, 0.29) is 18.7 Å². The van der Waals surface area contributed by atoms with Gasteiger partial charge in [0.25, 0.3) is 11.8 Å². The third-order valence-electron chi connectivity index (χ3n) is 4.83. The zero-order valence-corrected chi connectivity index (χ0v) is 15.7. The largest absolute Gasteiger partial charge is 0.383 e. The Labute approximate surface area is 162 Å². The van der Waals surface area contributed by atoms with Crippen LogP contribution in [0.15, 0.2) is 18.2 Å². The smallest absolute Gasteiger partial charge is 0.262 e. The number of rotatable bonds is 9. The van der Waals surface area contributed by atoms with E-state index >= 15 is 0 Å². The first-order valence-electron chi connectivity index (χ1n) is 9.28. The van der Waals surface area contributed by atoms with E-state index in [0.717, 1.165) is 18.0 Å². The number of nitrogens with zero attached hydrogens (tertiary/aromatic N) is 1. The van der Waals surface area contributed by atoms with Crippen molar-refractivity contribution in [2.75, 3.05) is 33.4 Å². The molecule has 150 valence electrons. The van der Waals surface area contributed by atoms with Gasteiger partial charge in [-0.25, -0.2) is 0 Å². The van der Waals surface area contributed by atoms with Crippen molar-refractivity contribution in [2.45, 2.75) is 25.4 Å². The normalized spacial score (nSPS) is 19.2. The lowest BCUT2D eigenvalue weighted by molar-refractivity contribution is -0.136. The molecule has 1 saturated heterocycles. The highest BCUT2D eigenvalue weighted by atomic mass is 16.5. The van der Waals surface area contributed by atoms with Gasteiger partial charge in [0.15, 0.2) is 0 Å². The Kier molecular flexibility index (Phi) is 6.50. The number of amides is 4. The maximum atomic E-state index is 12.9. The predicted molar refractivity (Wildman–Crippen MR) is 99.6 cm³/mol. The zero-order valence-electron chi connectivity index (χ0n) is 15.7. The molecule has 4 amide bonds. The standard InChI is InChI=1S/C19H24N4O5/c1-28-10-9-20-7-8-21-11-12-3-2-4-13-16(12)19(27)23(18(13)26)14-5-6-15(24)22-17(14)25/h2-4,14,20-21H,5-11H2,1H3,(H,22,24,25). The minimum Gasteiger partial charge on any atom is -0.383 e. The molecule has 0 bridgehead atoms. The van der Waals surface area contributed by atoms with Crippen LogP contribution in [0, 0.1) is 0 Å². The molecule has 2 heterocycles. The first-order valence-corrected chi connectivity index (χ1v) is 9.28. The Morgan fingerprint density at radius 3 is 2.64 bits per heavy atom. The summed E-state index contributed by atoms with van der Waals surface area (Å²) in [6.45, 7) is 3.25. The summed E-state index contributed by atoms with van der Waals surface area (Å²) >= 11 is 0. The van der Waals surface area contributed by atoms with E-state index in [1.807, 2.05) is 0 Å². The summed E-state index contributed by atoms with van der Waals surface area (Å²) in [7, 11) is 1.65. The van der Waals surface area contributed by atoms with E-state index in [1.54, 1.807) is 25.3 Å². The lowest BCUT2D eigenvalue weighted by atomic mass is 10.0. The van der Waals surface area contributed by atoms with Crippen molar-refractivity contribution in [1.29, 1.82) is 0 Å². The summed E-state index contributed by atoms with van der Waals surface area (Å²) in [5.41, 5.74) is 1.34. The lowest BCUT2D eigenvalue weighted by Gasteiger charge is -2.27. The van der Waals surface area contributed by atoms with Gasteiger partial charge in [-0.15, -0.1) is 0 Å². The van der Waals surface area contributed by atoms with Gasteiger partial charge < -0.3 is 15.4 Å². The number of ether oxygens (including phenoxy) is 1. The molecule has 28 heavy (non-hydrogen) atoms. The Morgan fingerprint density at radius 1 is 1.11 bits per heavy atom. The van der Waals surface area contributed by atoms with Gasteiger partial charge in [0.2, 0.25) is 11.8 Å². The molecular weight excluding hydrogens is 364 g/mol. The molecule has 0 saturated carbocycles. The van der Waals surface area contributed by atoms with Crippen molar-refractivity contribution in [2.24, 2.45) is 0 Å². The van der Waals surface area contributed by atoms with E-state index in [0.29, 0.717) is 36.4 Å². The number of benzene rings is 1. The molecule has 1 atom stereocenters. The minimum absolute atomic E-state index is 0.105. The topological polar surface area (TPSA) is 117 Å². The van der Waals surface area contributed by atoms with Crippen molar-refractivity contribution in [1.82, 2.24) is 20.9 Å². The summed E-state index contributed by atoms with van der Waals surface area (Å²) in [4.78, 5) is 50.2. The summed E-state index contributed by atoms with van der Waals surface area (Å²) in [5.74, 6) is -1.96. The second-order valence-electron chi connectivity index (χ2n) is 6.71. The molecule has 3 N–H and O–H groups in total. The second kappa shape index (κ2) is 9.05. The molecule has 0 aliphatic carbocycles. The highest BCUT2D eigenvalue weighted by molar-refractivity contribution is 6.24. The fourth-order valence-electron chi connectivity index (χ4n) is 3.43. The van der Waals surface area contributed by atoms with Crippen LogP contribution < -0.4 is 16.0 Å². The van der Waals surface area contributed by atoms with Gasteiger partial charge >= 0.3 is 0 Å². The molecule has 0 aromatic heterocycles. The first kappa shape index (κ1) is 20.1. The van der Waals surface area contributed by atoms with Crippen molar-refractivity contribution >= 4 is 23.6 Å². The van der Waals surface area contributed by atoms with E-state index in [2.05, 4.69) is 16.0 Å². The monoisotopic (exact) mass is 388 g/mol. The zero-order chi connectivity index (χ0) is 20.1. The van der Waals surface area contributed by atoms with Crippen LogP contribution in [0.25, 0.3) is 0 Å². The van der Waals surface area contributed by atoms with Crippen LogP contribution >= 0.6 is 0 Å². The molecule has 1 unspecified atom stereocenters. The van der Waals surface area contributed by atoms with Crippen LogP contribution in [0.4, 0.5) is 0 Å². The van der Waals surface area contributed by atoms with Crippen molar-refractivity contribution in [3.05, 3.63) is 34.9 Å². The maximum Gasteiger partial charge on any atom is 0.262 e. The van der Waals surface area contributed by atoms with Gasteiger partial charge in [-0.05, 0) is 18.1 Å². The summed E-state index contributed by atoms with van der Waals surface area (Å²) in [6.07, 6.45) is 0.255. The van der Waals surface area contributed by atoms with Crippen LogP contribution in [-0.2, 0) is 20.9 Å². The van der Waals surface area contributed by atoms with Crippen LogP contribution in [0.5, 0.6) is 0 Å². The van der Waals surface area contributed by atoms with Crippen molar-refractivity contribution < 1.29 is 23.9 Å². The fourth-order valence-corrected chi connectivity index (χ4v) is 3.43. The number of carbonyl (C=O) groups is 4. The predicted octanol–water partition coefficient (Wildman–Crippen LogP) is -0.587. The SMILES string of the molecule is COCCNCCNCc1cccc2c1C(=O)N(C1CCC(=O)NC1=O)C2=O. The minimum atomic E-state index is -0.948. The number of methoxy groups -OCH3 is 1. The Morgan fingerprint density at radius 2 is 1.89 bits per heavy atom. The molecule has 2 aliphatic heterocycles. The number of carbonyl (C=O) groups excluding carboxylic acids is 4. The van der Waals surface area contributed by atoms with Gasteiger partial charge in [-0.1, -0.05) is 12.1 Å². The quantitative estimate of drug-likeness (QED) is 0.382. The average molecular weight is 388 g/mol. The van der Waals surface area contributed by atoms with Crippen molar-refractivity contribution in [3.8, 4) is 0 Å². The Balaban J connectivity index is 1.66. The van der Waals surface area contributed by atoms with E-state index < -0.39 is 23.8 Å². The van der Waals surface area contributed by atoms with Crippen molar-refractivity contribution in [3.63, 3.8) is 0 Å². The molecule has 1 aromatic carbocycles. The van der Waals surface area contributed by atoms with E-state index in [9.17, 15) is 19.2 Å². The van der Waals surface area contributed by atoms with Crippen LogP contribution in [0.2, 0.25) is 0 Å². The first-order chi connectivity index (χ1) is 13.5. The number of hydrogen-bond acceptors (Lipinski definition) is 7. The highest BCUT2D eigenvalue weighted by Crippen LogP contribution is 2.29. The average Bonchev–Trinajstić information content (AvgIpc) is 2.93. The van der Waals surface area contributed by atoms with E-state index in [1.165, 1.54) is 0 Å². The molecule has 0 spiro atoms. The van der Waals surface area contributed by atoms with Gasteiger partial charge in [0.1, 0.15) is 6.04 Å². The lowest BCUT2D eigenvalue weighted by Crippen LogP contribution is -2.54. The molecule has 1 aromatic rings. The fraction of sp³-hybridized carbons (Fsp3) is 0.474. The van der Waals surface area contributed by atoms with Crippen LogP contribution in [0.1, 0.15) is 39.1 Å². The number of nitrogens with one attached hydrogen (secondary N) is 3. The second-order valence-corrected chi connectivity index (χ2v) is 6.71. The van der Waals surface area contributed by atoms with Crippen LogP contribution in [-0.4, -0.2) is 67.9 Å². The number of hydrogen-bond donors (Lipinski definition) is 3. The molecule has 9 nitrogen and oxygen atoms in total. The molecule has 2 aliphatic rings. The highest BCUT2D eigenvalue weighted by Gasteiger charge is 2.45. The maximum absolute atomic E-state index is 12.9. The van der Waals surface area contributed by atoms with Crippen LogP contribution in [0.3, 0.4) is 0 Å². The molecule has 3 rings (SSSR count). The van der Waals surface area contributed by atoms with Gasteiger partial charge in [-0.2, -0.15) is 0 Å².